The van der Waals surface area contributed by atoms with Crippen molar-refractivity contribution in [3.8, 4) is 5.88 Å². The van der Waals surface area contributed by atoms with Crippen molar-refractivity contribution >= 4 is 23.6 Å². The van der Waals surface area contributed by atoms with E-state index in [1.54, 1.807) is 17.8 Å². The van der Waals surface area contributed by atoms with Gasteiger partial charge in [-0.05, 0) is 49.6 Å². The minimum Gasteiger partial charge on any atom is -0.467 e. The van der Waals surface area contributed by atoms with Crippen LogP contribution < -0.4 is 15.0 Å². The standard InChI is InChI=1S/C21H28N4O2S/c1-15-5-4-10-25(13-15)21-23-16(2)11-20(24-21)27-14-19(26)22-12-17-6-8-18(28-3)9-7-17/h6-9,11,15H,4-5,10,12-14H2,1-3H3,(H,22,26). The molecule has 28 heavy (non-hydrogen) atoms. The van der Waals surface area contributed by atoms with E-state index in [0.717, 1.165) is 30.8 Å². The van der Waals surface area contributed by atoms with Crippen LogP contribution in [0.2, 0.25) is 0 Å². The van der Waals surface area contributed by atoms with Crippen molar-refractivity contribution < 1.29 is 9.53 Å². The van der Waals surface area contributed by atoms with E-state index in [4.69, 9.17) is 4.74 Å². The van der Waals surface area contributed by atoms with Crippen LogP contribution in [0.15, 0.2) is 35.2 Å². The van der Waals surface area contributed by atoms with Gasteiger partial charge in [0.05, 0.1) is 0 Å². The minimum atomic E-state index is -0.168. The number of carbonyl (C=O) groups excluding carboxylic acids is 1. The highest BCUT2D eigenvalue weighted by Crippen LogP contribution is 2.22. The highest BCUT2D eigenvalue weighted by atomic mass is 32.2. The van der Waals surface area contributed by atoms with E-state index < -0.39 is 0 Å². The largest absolute Gasteiger partial charge is 0.467 e. The Kier molecular flexibility index (Phi) is 7.14. The topological polar surface area (TPSA) is 67.3 Å². The molecule has 1 saturated heterocycles. The molecule has 3 rings (SSSR count). The van der Waals surface area contributed by atoms with E-state index in [-0.39, 0.29) is 12.5 Å². The van der Waals surface area contributed by atoms with Gasteiger partial charge in [-0.1, -0.05) is 19.1 Å². The second-order valence-electron chi connectivity index (χ2n) is 7.25. The van der Waals surface area contributed by atoms with E-state index in [9.17, 15) is 4.79 Å². The number of nitrogens with zero attached hydrogens (tertiary/aromatic N) is 3. The fraction of sp³-hybridized carbons (Fsp3) is 0.476. The van der Waals surface area contributed by atoms with Crippen molar-refractivity contribution in [2.45, 2.75) is 38.1 Å². The third-order valence-electron chi connectivity index (χ3n) is 4.76. The molecular formula is C21H28N4O2S. The number of amides is 1. The number of ether oxygens (including phenoxy) is 1. The summed E-state index contributed by atoms with van der Waals surface area (Å²) in [5.41, 5.74) is 1.90. The Morgan fingerprint density at radius 1 is 1.32 bits per heavy atom. The molecule has 6 nitrogen and oxygen atoms in total. The average Bonchev–Trinajstić information content (AvgIpc) is 2.70. The minimum absolute atomic E-state index is 0.0603. The number of carbonyl (C=O) groups is 1. The molecule has 7 heteroatoms. The van der Waals surface area contributed by atoms with E-state index in [2.05, 4.69) is 39.2 Å². The van der Waals surface area contributed by atoms with Crippen LogP contribution in [-0.2, 0) is 11.3 Å². The molecule has 0 aliphatic carbocycles. The number of rotatable bonds is 7. The first-order chi connectivity index (χ1) is 13.5. The van der Waals surface area contributed by atoms with Gasteiger partial charge in [0.15, 0.2) is 6.61 Å². The lowest BCUT2D eigenvalue weighted by molar-refractivity contribution is -0.123. The summed E-state index contributed by atoms with van der Waals surface area (Å²) in [6.07, 6.45) is 4.43. The number of benzene rings is 1. The van der Waals surface area contributed by atoms with Crippen molar-refractivity contribution in [3.05, 3.63) is 41.6 Å². The van der Waals surface area contributed by atoms with Crippen LogP contribution in [0.4, 0.5) is 5.95 Å². The van der Waals surface area contributed by atoms with Gasteiger partial charge in [0, 0.05) is 36.3 Å². The lowest BCUT2D eigenvalue weighted by Gasteiger charge is -2.31. The number of hydrogen-bond donors (Lipinski definition) is 1. The van der Waals surface area contributed by atoms with Gasteiger partial charge >= 0.3 is 0 Å². The van der Waals surface area contributed by atoms with Crippen molar-refractivity contribution in [3.63, 3.8) is 0 Å². The molecule has 0 saturated carbocycles. The molecule has 0 spiro atoms. The van der Waals surface area contributed by atoms with Gasteiger partial charge in [0.1, 0.15) is 0 Å². The maximum Gasteiger partial charge on any atom is 0.258 e. The van der Waals surface area contributed by atoms with Crippen molar-refractivity contribution in [1.82, 2.24) is 15.3 Å². The molecular weight excluding hydrogens is 372 g/mol. The third-order valence-corrected chi connectivity index (χ3v) is 5.50. The highest BCUT2D eigenvalue weighted by molar-refractivity contribution is 7.98. The maximum atomic E-state index is 12.1. The van der Waals surface area contributed by atoms with Crippen molar-refractivity contribution in [1.29, 1.82) is 0 Å². The zero-order chi connectivity index (χ0) is 19.9. The molecule has 1 amide bonds. The summed E-state index contributed by atoms with van der Waals surface area (Å²) in [6.45, 7) is 6.51. The normalized spacial score (nSPS) is 16.7. The number of aryl methyl sites for hydroxylation is 1. The maximum absolute atomic E-state index is 12.1. The Balaban J connectivity index is 1.52. The SMILES string of the molecule is CSc1ccc(CNC(=O)COc2cc(C)nc(N3CCCC(C)C3)n2)cc1. The van der Waals surface area contributed by atoms with Crippen LogP contribution in [0.25, 0.3) is 0 Å². The smallest absolute Gasteiger partial charge is 0.258 e. The summed E-state index contributed by atoms with van der Waals surface area (Å²) >= 11 is 1.70. The lowest BCUT2D eigenvalue weighted by atomic mass is 10.0. The zero-order valence-corrected chi connectivity index (χ0v) is 17.6. The Bertz CT molecular complexity index is 797. The van der Waals surface area contributed by atoms with Crippen LogP contribution in [0.3, 0.4) is 0 Å². The molecule has 1 aliphatic heterocycles. The van der Waals surface area contributed by atoms with Crippen molar-refractivity contribution in [2.75, 3.05) is 30.9 Å². The van der Waals surface area contributed by atoms with Gasteiger partial charge in [0.25, 0.3) is 5.91 Å². The molecule has 2 heterocycles. The molecule has 1 aromatic heterocycles. The number of nitrogens with one attached hydrogen (secondary N) is 1. The van der Waals surface area contributed by atoms with E-state index in [1.165, 1.54) is 11.3 Å². The van der Waals surface area contributed by atoms with Crippen LogP contribution in [0, 0.1) is 12.8 Å². The second kappa shape index (κ2) is 9.78. The van der Waals surface area contributed by atoms with Crippen LogP contribution in [-0.4, -0.2) is 41.8 Å². The predicted octanol–water partition coefficient (Wildman–Crippen LogP) is 3.44. The van der Waals surface area contributed by atoms with Crippen LogP contribution in [0.1, 0.15) is 31.0 Å². The monoisotopic (exact) mass is 400 g/mol. The Morgan fingerprint density at radius 3 is 2.82 bits per heavy atom. The van der Waals surface area contributed by atoms with Gasteiger partial charge in [-0.2, -0.15) is 4.98 Å². The zero-order valence-electron chi connectivity index (χ0n) is 16.8. The summed E-state index contributed by atoms with van der Waals surface area (Å²) in [6, 6.07) is 9.91. The van der Waals surface area contributed by atoms with Gasteiger partial charge in [-0.25, -0.2) is 4.98 Å². The Hall–Kier alpha value is -2.28. The van der Waals surface area contributed by atoms with E-state index in [0.29, 0.717) is 24.3 Å². The molecule has 1 fully saturated rings. The van der Waals surface area contributed by atoms with Crippen LogP contribution >= 0.6 is 11.8 Å². The lowest BCUT2D eigenvalue weighted by Crippen LogP contribution is -2.35. The molecule has 1 atom stereocenters. The molecule has 1 aliphatic rings. The number of thioether (sulfide) groups is 1. The molecule has 150 valence electrons. The highest BCUT2D eigenvalue weighted by Gasteiger charge is 2.19. The molecule has 0 bridgehead atoms. The second-order valence-corrected chi connectivity index (χ2v) is 8.13. The van der Waals surface area contributed by atoms with Crippen molar-refractivity contribution in [2.24, 2.45) is 5.92 Å². The van der Waals surface area contributed by atoms with Crippen LogP contribution in [0.5, 0.6) is 5.88 Å². The number of anilines is 1. The van der Waals surface area contributed by atoms with Gasteiger partial charge in [-0.15, -0.1) is 11.8 Å². The fourth-order valence-corrected chi connectivity index (χ4v) is 3.65. The average molecular weight is 401 g/mol. The first-order valence-electron chi connectivity index (χ1n) is 9.66. The summed E-state index contributed by atoms with van der Waals surface area (Å²) in [5, 5.41) is 2.88. The number of aromatic nitrogens is 2. The molecule has 1 N–H and O–H groups in total. The number of hydrogen-bond acceptors (Lipinski definition) is 6. The fourth-order valence-electron chi connectivity index (χ4n) is 3.25. The summed E-state index contributed by atoms with van der Waals surface area (Å²) in [7, 11) is 0. The first kappa shape index (κ1) is 20.5. The summed E-state index contributed by atoms with van der Waals surface area (Å²) in [4.78, 5) is 24.6. The van der Waals surface area contributed by atoms with E-state index in [1.807, 2.05) is 25.3 Å². The molecule has 0 radical (unpaired) electrons. The summed E-state index contributed by atoms with van der Waals surface area (Å²) in [5.74, 6) is 1.60. The van der Waals surface area contributed by atoms with Gasteiger partial charge in [-0.3, -0.25) is 4.79 Å². The van der Waals surface area contributed by atoms with E-state index >= 15 is 0 Å². The molecule has 1 unspecified atom stereocenters. The number of piperidine rings is 1. The third kappa shape index (κ3) is 5.86. The predicted molar refractivity (Wildman–Crippen MR) is 113 cm³/mol. The first-order valence-corrected chi connectivity index (χ1v) is 10.9. The Labute approximate surface area is 171 Å². The van der Waals surface area contributed by atoms with Gasteiger partial charge in [0.2, 0.25) is 11.8 Å². The molecule has 1 aromatic carbocycles. The Morgan fingerprint density at radius 2 is 2.11 bits per heavy atom. The quantitative estimate of drug-likeness (QED) is 0.718. The van der Waals surface area contributed by atoms with Gasteiger partial charge < -0.3 is 15.0 Å². The summed E-state index contributed by atoms with van der Waals surface area (Å²) < 4.78 is 5.64. The molecule has 2 aromatic rings.